The van der Waals surface area contributed by atoms with Gasteiger partial charge in [0.25, 0.3) is 0 Å². The number of hydrogen-bond donors (Lipinski definition) is 0. The van der Waals surface area contributed by atoms with E-state index in [1.54, 1.807) is 12.3 Å². The molecule has 6 nitrogen and oxygen atoms in total. The van der Waals surface area contributed by atoms with E-state index in [0.29, 0.717) is 17.1 Å². The molecule has 0 saturated carbocycles. The minimum atomic E-state index is -4.69. The number of alkyl halides is 3. The van der Waals surface area contributed by atoms with Crippen molar-refractivity contribution >= 4 is 87.2 Å². The summed E-state index contributed by atoms with van der Waals surface area (Å²) in [6.07, 6.45) is -2.90. The molecule has 0 aliphatic carbocycles. The average molecular weight is 785 g/mol. The lowest BCUT2D eigenvalue weighted by Crippen LogP contribution is -2.07. The maximum absolute atomic E-state index is 14.7. The number of rotatable bonds is 3. The molecule has 0 spiro atoms. The quantitative estimate of drug-likeness (QED) is 0.179. The molecule has 0 aliphatic heterocycles. The van der Waals surface area contributed by atoms with Crippen LogP contribution in [0, 0.1) is 11.3 Å². The van der Waals surface area contributed by atoms with E-state index >= 15 is 0 Å². The summed E-state index contributed by atoms with van der Waals surface area (Å²) < 4.78 is 52.8. The topological polar surface area (TPSA) is 56.4 Å². The number of pyridine rings is 1. The van der Waals surface area contributed by atoms with Crippen LogP contribution in [0.25, 0.3) is 110 Å². The molecule has 0 amide bonds. The van der Waals surface area contributed by atoms with Crippen LogP contribution in [-0.4, -0.2) is 23.3 Å². The summed E-state index contributed by atoms with van der Waals surface area (Å²) in [5.74, 6) is 0.535. The highest BCUT2D eigenvalue weighted by atomic mass is 19.4. The van der Waals surface area contributed by atoms with Gasteiger partial charge in [0.05, 0.1) is 62.2 Å². The Labute approximate surface area is 339 Å². The molecule has 12 rings (SSSR count). The summed E-state index contributed by atoms with van der Waals surface area (Å²) in [5.41, 5.74) is 8.24. The van der Waals surface area contributed by atoms with Gasteiger partial charge >= 0.3 is 6.18 Å². The molecule has 0 aliphatic rings. The number of hydrogen-bond acceptors (Lipinski definition) is 2. The van der Waals surface area contributed by atoms with Crippen LogP contribution in [0.15, 0.2) is 152 Å². The standard InChI is InChI=1S/C51H31F3N6/c1-57-39-15-7-5-13-36(39)47-43(57)21-19-34-32-11-3-9-17-41(32)59(49(34)47)45-28-56-46(26-38(45)30-23-29(27-55)24-31(25-30)51(52,53)54)60-42-18-10-4-12-33(42)35-20-22-44-48(50(35)60)37-14-6-8-16-40(37)58(44)2/h3-26,28H,1-2H3. The molecule has 5 aromatic heterocycles. The van der Waals surface area contributed by atoms with Crippen LogP contribution in [0.3, 0.4) is 0 Å². The highest BCUT2D eigenvalue weighted by Gasteiger charge is 2.32. The molecule has 0 fully saturated rings. The van der Waals surface area contributed by atoms with Crippen molar-refractivity contribution in [2.75, 3.05) is 0 Å². The number of aromatic nitrogens is 5. The van der Waals surface area contributed by atoms with Gasteiger partial charge in [-0.2, -0.15) is 18.4 Å². The van der Waals surface area contributed by atoms with Crippen LogP contribution in [0.1, 0.15) is 11.1 Å². The van der Waals surface area contributed by atoms with Crippen LogP contribution >= 0.6 is 0 Å². The van der Waals surface area contributed by atoms with Gasteiger partial charge in [0, 0.05) is 73.8 Å². The maximum atomic E-state index is 14.7. The molecule has 9 heteroatoms. The van der Waals surface area contributed by atoms with E-state index in [-0.39, 0.29) is 11.1 Å². The van der Waals surface area contributed by atoms with E-state index in [2.05, 4.69) is 99.1 Å². The van der Waals surface area contributed by atoms with Crippen molar-refractivity contribution in [1.29, 1.82) is 5.26 Å². The fourth-order valence-electron chi connectivity index (χ4n) is 9.87. The number of nitriles is 1. The first-order valence-electron chi connectivity index (χ1n) is 19.6. The Balaban J connectivity index is 1.27. The Morgan fingerprint density at radius 2 is 1.02 bits per heavy atom. The largest absolute Gasteiger partial charge is 0.416 e. The molecule has 0 bridgehead atoms. The SMILES string of the molecule is Cn1c2ccccc2c2c1ccc1c3ccccc3n(-c3cc(-c4cc(C#N)cc(C(F)(F)F)c4)c(-n4c5ccccc5c5ccc6c(c7ccccc7n6C)c54)cn3)c12. The summed E-state index contributed by atoms with van der Waals surface area (Å²) in [4.78, 5) is 5.28. The van der Waals surface area contributed by atoms with Gasteiger partial charge in [-0.05, 0) is 66.2 Å². The van der Waals surface area contributed by atoms with Crippen molar-refractivity contribution in [2.45, 2.75) is 6.18 Å². The number of benzene rings is 7. The molecule has 0 radical (unpaired) electrons. The third-order valence-electron chi connectivity index (χ3n) is 12.5. The van der Waals surface area contributed by atoms with Gasteiger partial charge in [-0.1, -0.05) is 84.9 Å². The van der Waals surface area contributed by atoms with Crippen molar-refractivity contribution in [3.05, 3.63) is 163 Å². The molecular formula is C51H31F3N6. The monoisotopic (exact) mass is 784 g/mol. The van der Waals surface area contributed by atoms with E-state index in [4.69, 9.17) is 4.98 Å². The summed E-state index contributed by atoms with van der Waals surface area (Å²) in [7, 11) is 4.11. The fraction of sp³-hybridized carbons (Fsp3) is 0.0588. The molecule has 5 heterocycles. The lowest BCUT2D eigenvalue weighted by Gasteiger charge is -2.18. The lowest BCUT2D eigenvalue weighted by molar-refractivity contribution is -0.137. The second-order valence-electron chi connectivity index (χ2n) is 15.5. The molecule has 7 aromatic carbocycles. The average Bonchev–Trinajstić information content (AvgIpc) is 3.98. The molecule has 286 valence electrons. The first kappa shape index (κ1) is 34.2. The summed E-state index contributed by atoms with van der Waals surface area (Å²) in [5, 5.41) is 18.4. The number of halogens is 3. The zero-order valence-corrected chi connectivity index (χ0v) is 32.3. The first-order chi connectivity index (χ1) is 29.2. The van der Waals surface area contributed by atoms with Crippen LogP contribution in [0.5, 0.6) is 0 Å². The Kier molecular flexibility index (Phi) is 6.90. The van der Waals surface area contributed by atoms with Crippen molar-refractivity contribution < 1.29 is 13.2 Å². The van der Waals surface area contributed by atoms with Crippen LogP contribution in [-0.2, 0) is 20.3 Å². The predicted molar refractivity (Wildman–Crippen MR) is 236 cm³/mol. The third kappa shape index (κ3) is 4.56. The zero-order valence-electron chi connectivity index (χ0n) is 32.3. The Bertz CT molecular complexity index is 3870. The zero-order chi connectivity index (χ0) is 40.6. The van der Waals surface area contributed by atoms with Gasteiger partial charge < -0.3 is 13.7 Å². The van der Waals surface area contributed by atoms with Crippen LogP contribution < -0.4 is 0 Å². The second-order valence-corrected chi connectivity index (χ2v) is 15.5. The van der Waals surface area contributed by atoms with E-state index in [1.165, 1.54) is 0 Å². The van der Waals surface area contributed by atoms with Gasteiger partial charge in [-0.25, -0.2) is 4.98 Å². The van der Waals surface area contributed by atoms with Gasteiger partial charge in [-0.15, -0.1) is 0 Å². The fourth-order valence-corrected chi connectivity index (χ4v) is 9.87. The molecule has 0 unspecified atom stereocenters. The highest BCUT2D eigenvalue weighted by Crippen LogP contribution is 2.45. The molecule has 0 atom stereocenters. The number of nitrogens with zero attached hydrogens (tertiary/aromatic N) is 6. The van der Waals surface area contributed by atoms with Crippen molar-refractivity contribution in [3.8, 4) is 28.7 Å². The van der Waals surface area contributed by atoms with Crippen LogP contribution in [0.4, 0.5) is 13.2 Å². The number of fused-ring (bicyclic) bond motifs is 14. The minimum absolute atomic E-state index is 0.0860. The minimum Gasteiger partial charge on any atom is -0.344 e. The Morgan fingerprint density at radius 3 is 1.57 bits per heavy atom. The van der Waals surface area contributed by atoms with Crippen molar-refractivity contribution in [2.24, 2.45) is 14.1 Å². The van der Waals surface area contributed by atoms with Gasteiger partial charge in [0.1, 0.15) is 5.82 Å². The van der Waals surface area contributed by atoms with Gasteiger partial charge in [-0.3, -0.25) is 4.57 Å². The van der Waals surface area contributed by atoms with E-state index in [9.17, 15) is 18.4 Å². The maximum Gasteiger partial charge on any atom is 0.416 e. The molecule has 0 N–H and O–H groups in total. The van der Waals surface area contributed by atoms with Crippen molar-refractivity contribution in [3.63, 3.8) is 0 Å². The molecule has 12 aromatic rings. The van der Waals surface area contributed by atoms with E-state index in [0.717, 1.165) is 99.4 Å². The summed E-state index contributed by atoms with van der Waals surface area (Å²) in [6.45, 7) is 0. The second kappa shape index (κ2) is 12.1. The third-order valence-corrected chi connectivity index (χ3v) is 12.5. The lowest BCUT2D eigenvalue weighted by atomic mass is 9.98. The van der Waals surface area contributed by atoms with Crippen LogP contribution in [0.2, 0.25) is 0 Å². The van der Waals surface area contributed by atoms with Gasteiger partial charge in [0.15, 0.2) is 0 Å². The van der Waals surface area contributed by atoms with E-state index in [1.807, 2.05) is 66.7 Å². The molecular weight excluding hydrogens is 754 g/mol. The first-order valence-corrected chi connectivity index (χ1v) is 19.6. The van der Waals surface area contributed by atoms with Crippen molar-refractivity contribution in [1.82, 2.24) is 23.3 Å². The Hall–Kier alpha value is -7.83. The van der Waals surface area contributed by atoms with Gasteiger partial charge in [0.2, 0.25) is 0 Å². The van der Waals surface area contributed by atoms with E-state index < -0.39 is 11.7 Å². The molecule has 60 heavy (non-hydrogen) atoms. The highest BCUT2D eigenvalue weighted by molar-refractivity contribution is 6.27. The smallest absolute Gasteiger partial charge is 0.344 e. The normalized spacial score (nSPS) is 12.4. The number of para-hydroxylation sites is 4. The number of aryl methyl sites for hydroxylation is 2. The predicted octanol–water partition coefficient (Wildman–Crippen LogP) is 13.1. The Morgan fingerprint density at radius 1 is 0.517 bits per heavy atom. The summed E-state index contributed by atoms with van der Waals surface area (Å²) in [6, 6.07) is 48.9. The summed E-state index contributed by atoms with van der Waals surface area (Å²) >= 11 is 0. The molecule has 0 saturated heterocycles.